The van der Waals surface area contributed by atoms with Crippen LogP contribution in [0.1, 0.15) is 18.4 Å². The van der Waals surface area contributed by atoms with E-state index >= 15 is 0 Å². The lowest BCUT2D eigenvalue weighted by molar-refractivity contribution is -0.384. The Hall–Kier alpha value is -2.64. The van der Waals surface area contributed by atoms with Gasteiger partial charge in [0.05, 0.1) is 11.3 Å². The molecule has 2 heterocycles. The minimum Gasteiger partial charge on any atom is -0.375 e. The first-order valence-corrected chi connectivity index (χ1v) is 6.67. The van der Waals surface area contributed by atoms with Gasteiger partial charge in [-0.1, -0.05) is 0 Å². The van der Waals surface area contributed by atoms with E-state index in [1.54, 1.807) is 6.07 Å². The van der Waals surface area contributed by atoms with E-state index in [1.807, 2.05) is 0 Å². The summed E-state index contributed by atoms with van der Waals surface area (Å²) in [6, 6.07) is 2.96. The second-order valence-electron chi connectivity index (χ2n) is 5.19. The van der Waals surface area contributed by atoms with E-state index in [1.165, 1.54) is 6.07 Å². The molecule has 0 radical (unpaired) electrons. The Bertz CT molecular complexity index is 633. The zero-order valence-electron chi connectivity index (χ0n) is 11.1. The van der Waals surface area contributed by atoms with Gasteiger partial charge in [0.15, 0.2) is 0 Å². The minimum absolute atomic E-state index is 0.0104. The maximum Gasteiger partial charge on any atom is 0.292 e. The third-order valence-electron chi connectivity index (χ3n) is 3.67. The van der Waals surface area contributed by atoms with Crippen LogP contribution in [-0.2, 0) is 16.0 Å². The number of anilines is 2. The maximum atomic E-state index is 11.4. The largest absolute Gasteiger partial charge is 0.375 e. The predicted octanol–water partition coefficient (Wildman–Crippen LogP) is 0.780. The van der Waals surface area contributed by atoms with E-state index in [0.717, 1.165) is 0 Å². The normalized spacial score (nSPS) is 20.5. The van der Waals surface area contributed by atoms with Crippen molar-refractivity contribution >= 4 is 28.9 Å². The first kappa shape index (κ1) is 13.3. The number of amides is 2. The van der Waals surface area contributed by atoms with E-state index in [4.69, 9.17) is 0 Å². The molecule has 1 saturated heterocycles. The lowest BCUT2D eigenvalue weighted by Crippen LogP contribution is -2.41. The van der Waals surface area contributed by atoms with Crippen LogP contribution in [0.3, 0.4) is 0 Å². The molecule has 8 nitrogen and oxygen atoms in total. The number of carbonyl (C=O) groups excluding carboxylic acids is 2. The highest BCUT2D eigenvalue weighted by Gasteiger charge is 2.26. The van der Waals surface area contributed by atoms with Gasteiger partial charge in [-0.25, -0.2) is 0 Å². The number of carbonyl (C=O) groups is 2. The molecule has 3 rings (SSSR count). The predicted molar refractivity (Wildman–Crippen MR) is 75.1 cm³/mol. The summed E-state index contributed by atoms with van der Waals surface area (Å²) >= 11 is 0. The van der Waals surface area contributed by atoms with Crippen LogP contribution < -0.4 is 16.0 Å². The van der Waals surface area contributed by atoms with Crippen LogP contribution in [0.2, 0.25) is 0 Å². The molecular weight excluding hydrogens is 276 g/mol. The molecule has 0 saturated carbocycles. The van der Waals surface area contributed by atoms with Gasteiger partial charge in [-0.3, -0.25) is 19.7 Å². The van der Waals surface area contributed by atoms with Gasteiger partial charge in [-0.15, -0.1) is 0 Å². The number of piperidine rings is 1. The fourth-order valence-electron chi connectivity index (χ4n) is 2.60. The molecule has 1 aromatic rings. The SMILES string of the molecule is O=C1CCC(Nc2cc3c(cc2[N+](=O)[O-])CC(=O)N3)CN1. The first-order valence-electron chi connectivity index (χ1n) is 6.67. The number of hydrogen-bond donors (Lipinski definition) is 3. The minimum atomic E-state index is -0.465. The Balaban J connectivity index is 1.87. The van der Waals surface area contributed by atoms with E-state index in [2.05, 4.69) is 16.0 Å². The maximum absolute atomic E-state index is 11.4. The Labute approximate surface area is 120 Å². The number of nitro groups is 1. The molecule has 0 spiro atoms. The topological polar surface area (TPSA) is 113 Å². The summed E-state index contributed by atoms with van der Waals surface area (Å²) in [4.78, 5) is 33.2. The van der Waals surface area contributed by atoms with Crippen LogP contribution in [-0.4, -0.2) is 29.3 Å². The number of nitro benzene ring substituents is 1. The fourth-order valence-corrected chi connectivity index (χ4v) is 2.60. The zero-order valence-corrected chi connectivity index (χ0v) is 11.1. The molecule has 8 heteroatoms. The molecule has 110 valence electrons. The summed E-state index contributed by atoms with van der Waals surface area (Å²) in [6.07, 6.45) is 1.18. The molecule has 1 fully saturated rings. The van der Waals surface area contributed by atoms with Crippen LogP contribution in [0.4, 0.5) is 17.1 Å². The van der Waals surface area contributed by atoms with Crippen molar-refractivity contribution in [3.05, 3.63) is 27.8 Å². The first-order chi connectivity index (χ1) is 10.0. The molecule has 1 aromatic carbocycles. The van der Waals surface area contributed by atoms with E-state index in [-0.39, 0.29) is 30.0 Å². The Morgan fingerprint density at radius 2 is 2.10 bits per heavy atom. The summed E-state index contributed by atoms with van der Waals surface area (Å²) < 4.78 is 0. The molecular formula is C13H14N4O4. The van der Waals surface area contributed by atoms with Gasteiger partial charge in [0, 0.05) is 30.8 Å². The van der Waals surface area contributed by atoms with Crippen LogP contribution in [0.25, 0.3) is 0 Å². The molecule has 0 aromatic heterocycles. The summed E-state index contributed by atoms with van der Waals surface area (Å²) in [5, 5.41) is 19.7. The van der Waals surface area contributed by atoms with Crippen molar-refractivity contribution in [3.63, 3.8) is 0 Å². The highest BCUT2D eigenvalue weighted by molar-refractivity contribution is 6.00. The van der Waals surface area contributed by atoms with Crippen molar-refractivity contribution in [1.82, 2.24) is 5.32 Å². The van der Waals surface area contributed by atoms with Gasteiger partial charge in [0.2, 0.25) is 11.8 Å². The Morgan fingerprint density at radius 1 is 1.29 bits per heavy atom. The quantitative estimate of drug-likeness (QED) is 0.562. The number of fused-ring (bicyclic) bond motifs is 1. The van der Waals surface area contributed by atoms with Crippen molar-refractivity contribution < 1.29 is 14.5 Å². The molecule has 2 aliphatic rings. The third-order valence-corrected chi connectivity index (χ3v) is 3.67. The summed E-state index contributed by atoms with van der Waals surface area (Å²) in [7, 11) is 0. The second-order valence-corrected chi connectivity index (χ2v) is 5.19. The molecule has 2 aliphatic heterocycles. The van der Waals surface area contributed by atoms with Crippen molar-refractivity contribution in [3.8, 4) is 0 Å². The summed E-state index contributed by atoms with van der Waals surface area (Å²) in [5.74, 6) is -0.176. The van der Waals surface area contributed by atoms with Gasteiger partial charge in [-0.2, -0.15) is 0 Å². The van der Waals surface area contributed by atoms with Crippen LogP contribution in [0, 0.1) is 10.1 Å². The van der Waals surface area contributed by atoms with E-state index in [0.29, 0.717) is 36.3 Å². The Kier molecular flexibility index (Phi) is 3.20. The number of nitrogens with zero attached hydrogens (tertiary/aromatic N) is 1. The van der Waals surface area contributed by atoms with Gasteiger partial charge in [0.1, 0.15) is 5.69 Å². The average Bonchev–Trinajstić information content (AvgIpc) is 2.79. The van der Waals surface area contributed by atoms with Gasteiger partial charge < -0.3 is 16.0 Å². The lowest BCUT2D eigenvalue weighted by atomic mass is 10.1. The third kappa shape index (κ3) is 2.64. The monoisotopic (exact) mass is 290 g/mol. The smallest absolute Gasteiger partial charge is 0.292 e. The van der Waals surface area contributed by atoms with Gasteiger partial charge in [-0.05, 0) is 18.1 Å². The van der Waals surface area contributed by atoms with Gasteiger partial charge >= 0.3 is 0 Å². The van der Waals surface area contributed by atoms with E-state index in [9.17, 15) is 19.7 Å². The van der Waals surface area contributed by atoms with Crippen molar-refractivity contribution in [2.45, 2.75) is 25.3 Å². The van der Waals surface area contributed by atoms with Crippen LogP contribution in [0.15, 0.2) is 12.1 Å². The van der Waals surface area contributed by atoms with Crippen LogP contribution in [0.5, 0.6) is 0 Å². The molecule has 1 atom stereocenters. The number of nitrogens with one attached hydrogen (secondary N) is 3. The number of hydrogen-bond acceptors (Lipinski definition) is 5. The molecule has 2 amide bonds. The van der Waals surface area contributed by atoms with Gasteiger partial charge in [0.25, 0.3) is 5.69 Å². The molecule has 1 unspecified atom stereocenters. The van der Waals surface area contributed by atoms with E-state index < -0.39 is 4.92 Å². The molecule has 0 bridgehead atoms. The highest BCUT2D eigenvalue weighted by Crippen LogP contribution is 2.35. The molecule has 21 heavy (non-hydrogen) atoms. The lowest BCUT2D eigenvalue weighted by Gasteiger charge is -2.24. The molecule has 0 aliphatic carbocycles. The summed E-state index contributed by atoms with van der Waals surface area (Å²) in [5.41, 5.74) is 1.55. The van der Waals surface area contributed by atoms with Crippen molar-refractivity contribution in [2.75, 3.05) is 17.2 Å². The standard InChI is InChI=1S/C13H14N4O4/c18-12-2-1-8(6-14-12)15-10-5-9-7(4-13(19)16-9)3-11(10)17(20)21/h3,5,8,15H,1-2,4,6H2,(H,14,18)(H,16,19). The zero-order chi connectivity index (χ0) is 15.0. The average molecular weight is 290 g/mol. The Morgan fingerprint density at radius 3 is 2.76 bits per heavy atom. The van der Waals surface area contributed by atoms with Crippen molar-refractivity contribution in [2.24, 2.45) is 0 Å². The second kappa shape index (κ2) is 5.04. The van der Waals surface area contributed by atoms with Crippen molar-refractivity contribution in [1.29, 1.82) is 0 Å². The highest BCUT2D eigenvalue weighted by atomic mass is 16.6. The van der Waals surface area contributed by atoms with Crippen LogP contribution >= 0.6 is 0 Å². The molecule has 3 N–H and O–H groups in total. The number of benzene rings is 1. The number of rotatable bonds is 3. The fraction of sp³-hybridized carbons (Fsp3) is 0.385. The summed E-state index contributed by atoms with van der Waals surface area (Å²) in [6.45, 7) is 0.430.